The van der Waals surface area contributed by atoms with Crippen molar-refractivity contribution in [2.75, 3.05) is 19.7 Å². The van der Waals surface area contributed by atoms with E-state index in [9.17, 15) is 26.8 Å². The van der Waals surface area contributed by atoms with E-state index in [2.05, 4.69) is 15.3 Å². The van der Waals surface area contributed by atoms with Crippen molar-refractivity contribution in [1.29, 1.82) is 0 Å². The van der Waals surface area contributed by atoms with Gasteiger partial charge < -0.3 is 14.8 Å². The van der Waals surface area contributed by atoms with Crippen LogP contribution in [-0.4, -0.2) is 66.0 Å². The number of carbonyl (C=O) groups is 2. The maximum atomic E-state index is 14.6. The quantitative estimate of drug-likeness (QED) is 0.299. The SMILES string of the molecule is CCOC(=O)C1=C(C2CCN(S(=O)(=O)C3CC(C(=O)OC(C)(C)C)C3)CC2)NC(c2nccs2)=NC1c1ccc(F)c(F)c1Cl. The second kappa shape index (κ2) is 13.0. The van der Waals surface area contributed by atoms with Crippen molar-refractivity contribution in [2.24, 2.45) is 16.8 Å². The van der Waals surface area contributed by atoms with Gasteiger partial charge in [-0.2, -0.15) is 0 Å². The molecule has 0 bridgehead atoms. The highest BCUT2D eigenvalue weighted by Gasteiger charge is 2.47. The van der Waals surface area contributed by atoms with Crippen LogP contribution < -0.4 is 5.32 Å². The van der Waals surface area contributed by atoms with Crippen LogP contribution in [0, 0.1) is 23.5 Å². The predicted octanol–water partition coefficient (Wildman–Crippen LogP) is 5.15. The molecule has 3 heterocycles. The highest BCUT2D eigenvalue weighted by Crippen LogP contribution is 2.42. The summed E-state index contributed by atoms with van der Waals surface area (Å²) in [5.74, 6) is -3.95. The number of rotatable bonds is 8. The van der Waals surface area contributed by atoms with Crippen molar-refractivity contribution < 1.29 is 36.3 Å². The normalized spacial score (nSPS) is 23.2. The number of piperidine rings is 1. The van der Waals surface area contributed by atoms with Crippen LogP contribution in [0.15, 0.2) is 40.0 Å². The second-order valence-corrected chi connectivity index (χ2v) is 15.7. The summed E-state index contributed by atoms with van der Waals surface area (Å²) < 4.78 is 67.8. The van der Waals surface area contributed by atoms with Gasteiger partial charge in [-0.15, -0.1) is 11.3 Å². The number of carbonyl (C=O) groups excluding carboxylic acids is 2. The van der Waals surface area contributed by atoms with Gasteiger partial charge in [-0.05, 0) is 59.4 Å². The van der Waals surface area contributed by atoms with Crippen LogP contribution in [0.2, 0.25) is 5.02 Å². The highest BCUT2D eigenvalue weighted by molar-refractivity contribution is 7.89. The zero-order valence-electron chi connectivity index (χ0n) is 25.3. The molecule has 1 aromatic carbocycles. The minimum absolute atomic E-state index is 0.0548. The van der Waals surface area contributed by atoms with Crippen LogP contribution in [-0.2, 0) is 29.1 Å². The van der Waals surface area contributed by atoms with Gasteiger partial charge in [0.2, 0.25) is 10.0 Å². The van der Waals surface area contributed by atoms with Gasteiger partial charge in [0.05, 0.1) is 28.4 Å². The Morgan fingerprint density at radius 1 is 1.18 bits per heavy atom. The molecule has 1 saturated heterocycles. The van der Waals surface area contributed by atoms with Crippen molar-refractivity contribution in [2.45, 2.75) is 70.3 Å². The summed E-state index contributed by atoms with van der Waals surface area (Å²) in [6, 6.07) is 1.08. The third kappa shape index (κ3) is 6.93. The van der Waals surface area contributed by atoms with Crippen LogP contribution in [0.5, 0.6) is 0 Å². The number of aromatic nitrogens is 1. The summed E-state index contributed by atoms with van der Waals surface area (Å²) in [6.45, 7) is 7.38. The molecular formula is C30H35ClF2N4O6S2. The number of thiazole rings is 1. The Bertz CT molecular complexity index is 1630. The summed E-state index contributed by atoms with van der Waals surface area (Å²) >= 11 is 7.56. The Labute approximate surface area is 269 Å². The lowest BCUT2D eigenvalue weighted by Crippen LogP contribution is -2.50. The van der Waals surface area contributed by atoms with E-state index < -0.39 is 55.5 Å². The summed E-state index contributed by atoms with van der Waals surface area (Å²) in [5, 5.41) is 4.32. The number of sulfonamides is 1. The molecule has 10 nitrogen and oxygen atoms in total. The third-order valence-electron chi connectivity index (χ3n) is 8.04. The van der Waals surface area contributed by atoms with Crippen molar-refractivity contribution >= 4 is 50.7 Å². The zero-order valence-corrected chi connectivity index (χ0v) is 27.7. The van der Waals surface area contributed by atoms with Gasteiger partial charge >= 0.3 is 11.9 Å². The van der Waals surface area contributed by atoms with Crippen LogP contribution in [0.4, 0.5) is 8.78 Å². The Morgan fingerprint density at radius 3 is 2.47 bits per heavy atom. The van der Waals surface area contributed by atoms with Crippen LogP contribution in [0.25, 0.3) is 0 Å². The molecule has 0 spiro atoms. The monoisotopic (exact) mass is 684 g/mol. The molecule has 1 aliphatic carbocycles. The fraction of sp³-hybridized carbons (Fsp3) is 0.533. The number of nitrogens with one attached hydrogen (secondary N) is 1. The average Bonchev–Trinajstić information content (AvgIpc) is 3.49. The fourth-order valence-corrected chi connectivity index (χ4v) is 8.68. The lowest BCUT2D eigenvalue weighted by atomic mass is 9.85. The summed E-state index contributed by atoms with van der Waals surface area (Å²) in [5.41, 5.74) is -0.0288. The minimum Gasteiger partial charge on any atom is -0.463 e. The molecule has 1 saturated carbocycles. The molecule has 45 heavy (non-hydrogen) atoms. The first-order chi connectivity index (χ1) is 21.2. The first-order valence-electron chi connectivity index (χ1n) is 14.7. The Balaban J connectivity index is 1.41. The number of aliphatic imine (C=N–C) groups is 1. The molecular weight excluding hydrogens is 650 g/mol. The van der Waals surface area contributed by atoms with E-state index in [1.165, 1.54) is 21.7 Å². The van der Waals surface area contributed by atoms with Crippen molar-refractivity contribution in [3.8, 4) is 0 Å². The van der Waals surface area contributed by atoms with E-state index in [0.717, 1.165) is 6.07 Å². The largest absolute Gasteiger partial charge is 0.463 e. The fourth-order valence-electron chi connectivity index (χ4n) is 5.74. The van der Waals surface area contributed by atoms with E-state index in [-0.39, 0.29) is 55.6 Å². The number of esters is 2. The van der Waals surface area contributed by atoms with Crippen molar-refractivity contribution in [3.05, 3.63) is 62.2 Å². The topological polar surface area (TPSA) is 127 Å². The molecule has 2 aromatic rings. The molecule has 2 fully saturated rings. The molecule has 1 aromatic heterocycles. The van der Waals surface area contributed by atoms with Crippen molar-refractivity contribution in [3.63, 3.8) is 0 Å². The molecule has 0 radical (unpaired) electrons. The number of nitrogens with zero attached hydrogens (tertiary/aromatic N) is 3. The second-order valence-electron chi connectivity index (χ2n) is 12.2. The van der Waals surface area contributed by atoms with Gasteiger partial charge in [0.15, 0.2) is 22.5 Å². The molecule has 5 rings (SSSR count). The number of ether oxygens (including phenoxy) is 2. The minimum atomic E-state index is -3.67. The summed E-state index contributed by atoms with van der Waals surface area (Å²) in [7, 11) is -3.67. The standard InChI is InChI=1S/C30H35ClF2N4O6S2/c1-5-42-29(39)21-24(35-26(27-34-10-13-44-27)36-25(21)19-6-7-20(32)23(33)22(19)31)16-8-11-37(12-9-16)45(40,41)18-14-17(15-18)28(38)43-30(2,3)4/h6-7,10,13,16-18,25H,5,8-9,11-12,14-15H2,1-4H3,(H,35,36). The highest BCUT2D eigenvalue weighted by atomic mass is 35.5. The number of allylic oxidation sites excluding steroid dienone is 1. The van der Waals surface area contributed by atoms with Gasteiger partial charge in [0.25, 0.3) is 0 Å². The van der Waals surface area contributed by atoms with Crippen LogP contribution in [0.3, 0.4) is 0 Å². The molecule has 2 aliphatic heterocycles. The Morgan fingerprint density at radius 2 is 1.87 bits per heavy atom. The molecule has 0 amide bonds. The number of hydrogen-bond donors (Lipinski definition) is 1. The maximum Gasteiger partial charge on any atom is 0.338 e. The smallest absolute Gasteiger partial charge is 0.338 e. The van der Waals surface area contributed by atoms with Crippen molar-refractivity contribution in [1.82, 2.24) is 14.6 Å². The maximum absolute atomic E-state index is 14.6. The number of amidine groups is 1. The Kier molecular flexibility index (Phi) is 9.69. The molecule has 1 N–H and O–H groups in total. The van der Waals surface area contributed by atoms with E-state index in [4.69, 9.17) is 21.1 Å². The van der Waals surface area contributed by atoms with E-state index in [1.807, 2.05) is 0 Å². The van der Waals surface area contributed by atoms with Gasteiger partial charge in [-0.25, -0.2) is 31.3 Å². The Hall–Kier alpha value is -2.94. The summed E-state index contributed by atoms with van der Waals surface area (Å²) in [6.07, 6.45) is 2.72. The van der Waals surface area contributed by atoms with Gasteiger partial charge in [-0.1, -0.05) is 17.7 Å². The summed E-state index contributed by atoms with van der Waals surface area (Å²) in [4.78, 5) is 34.9. The lowest BCUT2D eigenvalue weighted by Gasteiger charge is -2.40. The number of hydrogen-bond acceptors (Lipinski definition) is 10. The van der Waals surface area contributed by atoms with Gasteiger partial charge in [-0.3, -0.25) is 9.79 Å². The first-order valence-corrected chi connectivity index (χ1v) is 17.5. The first kappa shape index (κ1) is 33.4. The van der Waals surface area contributed by atoms with Crippen LogP contribution in [0.1, 0.15) is 70.0 Å². The van der Waals surface area contributed by atoms with E-state index in [1.54, 1.807) is 39.3 Å². The number of benzene rings is 1. The molecule has 15 heteroatoms. The van der Waals surface area contributed by atoms with E-state index in [0.29, 0.717) is 29.4 Å². The molecule has 244 valence electrons. The molecule has 3 aliphatic rings. The van der Waals surface area contributed by atoms with Crippen LogP contribution >= 0.6 is 22.9 Å². The third-order valence-corrected chi connectivity index (χ3v) is 11.5. The molecule has 1 unspecified atom stereocenters. The number of halogens is 3. The van der Waals surface area contributed by atoms with Gasteiger partial charge in [0, 0.05) is 41.8 Å². The lowest BCUT2D eigenvalue weighted by molar-refractivity contribution is -0.162. The van der Waals surface area contributed by atoms with E-state index >= 15 is 0 Å². The van der Waals surface area contributed by atoms with Gasteiger partial charge in [0.1, 0.15) is 11.6 Å². The molecule has 1 atom stereocenters. The predicted molar refractivity (Wildman–Crippen MR) is 165 cm³/mol. The zero-order chi connectivity index (χ0) is 32.7. The average molecular weight is 685 g/mol.